The maximum atomic E-state index is 8.99. The molecule has 0 bridgehead atoms. The minimum atomic E-state index is 0. The molecule has 0 saturated carbocycles. The third-order valence-corrected chi connectivity index (χ3v) is 4.55. The van der Waals surface area contributed by atoms with E-state index in [1.54, 1.807) is 0 Å². The fourth-order valence-electron chi connectivity index (χ4n) is 3.35. The molecule has 1 atom stereocenters. The first-order valence-corrected chi connectivity index (χ1v) is 7.07. The smallest absolute Gasteiger partial charge is 0.0991 e. The van der Waals surface area contributed by atoms with Crippen molar-refractivity contribution in [2.24, 2.45) is 0 Å². The molecule has 0 radical (unpaired) electrons. The van der Waals surface area contributed by atoms with E-state index in [9.17, 15) is 0 Å². The molecule has 110 valence electrons. The van der Waals surface area contributed by atoms with E-state index in [4.69, 9.17) is 5.26 Å². The van der Waals surface area contributed by atoms with E-state index < -0.39 is 0 Å². The normalized spacial score (nSPS) is 19.2. The average molecular weight is 302 g/mol. The van der Waals surface area contributed by atoms with Gasteiger partial charge in [0.05, 0.1) is 17.8 Å². The fraction of sp³-hybridized carbons (Fsp3) is 0.412. The van der Waals surface area contributed by atoms with Gasteiger partial charge in [0.15, 0.2) is 0 Å². The number of nitriles is 1. The summed E-state index contributed by atoms with van der Waals surface area (Å²) in [5, 5.41) is 16.4. The van der Waals surface area contributed by atoms with Gasteiger partial charge in [0, 0.05) is 22.6 Å². The van der Waals surface area contributed by atoms with Gasteiger partial charge in [0.25, 0.3) is 0 Å². The molecule has 1 unspecified atom stereocenters. The molecule has 1 aromatic carbocycles. The Balaban J connectivity index is 0.00000161. The molecule has 2 aromatic rings. The van der Waals surface area contributed by atoms with Gasteiger partial charge < -0.3 is 0 Å². The number of nitrogens with zero attached hydrogens (tertiary/aromatic N) is 2. The van der Waals surface area contributed by atoms with Crippen molar-refractivity contribution in [3.8, 4) is 6.07 Å². The van der Waals surface area contributed by atoms with Crippen molar-refractivity contribution in [1.82, 2.24) is 10.2 Å². The van der Waals surface area contributed by atoms with Crippen LogP contribution in [0.2, 0.25) is 0 Å². The van der Waals surface area contributed by atoms with Crippen molar-refractivity contribution in [3.63, 3.8) is 0 Å². The Bertz CT molecular complexity index is 694. The first kappa shape index (κ1) is 15.6. The van der Waals surface area contributed by atoms with Crippen LogP contribution in [0.3, 0.4) is 0 Å². The van der Waals surface area contributed by atoms with Gasteiger partial charge in [-0.1, -0.05) is 19.9 Å². The lowest BCUT2D eigenvalue weighted by Gasteiger charge is -2.34. The summed E-state index contributed by atoms with van der Waals surface area (Å²) in [6.45, 7) is 6.63. The van der Waals surface area contributed by atoms with Crippen molar-refractivity contribution in [3.05, 3.63) is 52.3 Å². The van der Waals surface area contributed by atoms with Crippen molar-refractivity contribution in [2.75, 3.05) is 0 Å². The van der Waals surface area contributed by atoms with Crippen LogP contribution < -0.4 is 0 Å². The highest BCUT2D eigenvalue weighted by atomic mass is 35.5. The number of hydrogen-bond donors (Lipinski definition) is 1. The summed E-state index contributed by atoms with van der Waals surface area (Å²) < 4.78 is 0. The van der Waals surface area contributed by atoms with Gasteiger partial charge in [-0.05, 0) is 43.0 Å². The van der Waals surface area contributed by atoms with Crippen LogP contribution in [0.25, 0.3) is 0 Å². The molecule has 1 N–H and O–H groups in total. The minimum absolute atomic E-state index is 0. The number of rotatable bonds is 1. The maximum Gasteiger partial charge on any atom is 0.0991 e. The van der Waals surface area contributed by atoms with Crippen LogP contribution >= 0.6 is 12.4 Å². The van der Waals surface area contributed by atoms with Crippen molar-refractivity contribution < 1.29 is 0 Å². The van der Waals surface area contributed by atoms with Gasteiger partial charge in [-0.2, -0.15) is 10.4 Å². The summed E-state index contributed by atoms with van der Waals surface area (Å²) in [4.78, 5) is 0. The predicted molar refractivity (Wildman–Crippen MR) is 85.8 cm³/mol. The second-order valence-electron chi connectivity index (χ2n) is 6.36. The fourth-order valence-corrected chi connectivity index (χ4v) is 3.35. The molecular weight excluding hydrogens is 282 g/mol. The second-order valence-corrected chi connectivity index (χ2v) is 6.36. The Morgan fingerprint density at radius 2 is 2.10 bits per heavy atom. The van der Waals surface area contributed by atoms with Crippen molar-refractivity contribution >= 4 is 12.4 Å². The molecule has 3 rings (SSSR count). The molecule has 1 aliphatic rings. The maximum absolute atomic E-state index is 8.99. The quantitative estimate of drug-likeness (QED) is 0.857. The van der Waals surface area contributed by atoms with Gasteiger partial charge in [0.2, 0.25) is 0 Å². The van der Waals surface area contributed by atoms with Crippen LogP contribution in [0.4, 0.5) is 0 Å². The van der Waals surface area contributed by atoms with Gasteiger partial charge in [-0.15, -0.1) is 12.4 Å². The van der Waals surface area contributed by atoms with Crippen LogP contribution in [-0.2, 0) is 5.41 Å². The third-order valence-electron chi connectivity index (χ3n) is 4.55. The van der Waals surface area contributed by atoms with E-state index in [0.717, 1.165) is 18.4 Å². The molecule has 1 heterocycles. The van der Waals surface area contributed by atoms with E-state index in [-0.39, 0.29) is 17.8 Å². The topological polar surface area (TPSA) is 52.5 Å². The Morgan fingerprint density at radius 3 is 2.76 bits per heavy atom. The molecule has 0 saturated heterocycles. The summed E-state index contributed by atoms with van der Waals surface area (Å²) in [6.07, 6.45) is 4.25. The van der Waals surface area contributed by atoms with E-state index >= 15 is 0 Å². The molecule has 1 aliphatic carbocycles. The summed E-state index contributed by atoms with van der Waals surface area (Å²) >= 11 is 0. The van der Waals surface area contributed by atoms with E-state index in [2.05, 4.69) is 43.1 Å². The lowest BCUT2D eigenvalue weighted by Crippen LogP contribution is -2.26. The first-order chi connectivity index (χ1) is 9.53. The number of aryl methyl sites for hydroxylation is 1. The Kier molecular flexibility index (Phi) is 4.11. The Hall–Kier alpha value is -1.79. The second kappa shape index (κ2) is 5.54. The standard InChI is InChI=1S/C17H19N3.ClH/c1-11-8-12(9-18)4-5-13(11)14-6-7-17(2,3)16-15(14)10-19-20-16;/h4-5,8,10,14H,6-7H2,1-3H3,(H,19,20);1H. The number of hydrogen-bond acceptors (Lipinski definition) is 2. The number of aromatic amines is 1. The number of benzene rings is 1. The number of fused-ring (bicyclic) bond motifs is 1. The summed E-state index contributed by atoms with van der Waals surface area (Å²) in [5.41, 5.74) is 5.99. The molecule has 0 aliphatic heterocycles. The molecular formula is C17H20ClN3. The highest BCUT2D eigenvalue weighted by Gasteiger charge is 2.35. The number of halogens is 1. The monoisotopic (exact) mass is 301 g/mol. The van der Waals surface area contributed by atoms with Crippen LogP contribution in [0.5, 0.6) is 0 Å². The van der Waals surface area contributed by atoms with Crippen LogP contribution in [0, 0.1) is 18.3 Å². The molecule has 4 heteroatoms. The van der Waals surface area contributed by atoms with Crippen LogP contribution in [0.15, 0.2) is 24.4 Å². The lowest BCUT2D eigenvalue weighted by atomic mass is 9.70. The lowest BCUT2D eigenvalue weighted by molar-refractivity contribution is 0.401. The van der Waals surface area contributed by atoms with Crippen molar-refractivity contribution in [1.29, 1.82) is 5.26 Å². The molecule has 1 aromatic heterocycles. The Morgan fingerprint density at radius 1 is 1.33 bits per heavy atom. The highest BCUT2D eigenvalue weighted by Crippen LogP contribution is 2.44. The SMILES string of the molecule is Cc1cc(C#N)ccc1C1CCC(C)(C)c2[nH]ncc21.Cl. The third kappa shape index (κ3) is 2.56. The van der Waals surface area contributed by atoms with E-state index in [0.29, 0.717) is 5.92 Å². The zero-order valence-corrected chi connectivity index (χ0v) is 13.4. The molecule has 3 nitrogen and oxygen atoms in total. The molecule has 0 fully saturated rings. The number of aromatic nitrogens is 2. The average Bonchev–Trinajstić information content (AvgIpc) is 2.90. The highest BCUT2D eigenvalue weighted by molar-refractivity contribution is 5.85. The Labute approximate surface area is 131 Å². The predicted octanol–water partition coefficient (Wildman–Crippen LogP) is 4.21. The number of H-pyrrole nitrogens is 1. The van der Waals surface area contributed by atoms with Gasteiger partial charge in [-0.3, -0.25) is 5.10 Å². The zero-order valence-electron chi connectivity index (χ0n) is 12.6. The largest absolute Gasteiger partial charge is 0.282 e. The van der Waals surface area contributed by atoms with Crippen molar-refractivity contribution in [2.45, 2.75) is 44.9 Å². The van der Waals surface area contributed by atoms with E-state index in [1.165, 1.54) is 22.4 Å². The first-order valence-electron chi connectivity index (χ1n) is 7.07. The van der Waals surface area contributed by atoms with Crippen LogP contribution in [0.1, 0.15) is 60.6 Å². The van der Waals surface area contributed by atoms with E-state index in [1.807, 2.05) is 18.3 Å². The van der Waals surface area contributed by atoms with Gasteiger partial charge in [-0.25, -0.2) is 0 Å². The summed E-state index contributed by atoms with van der Waals surface area (Å²) in [5.74, 6) is 0.393. The minimum Gasteiger partial charge on any atom is -0.282 e. The summed E-state index contributed by atoms with van der Waals surface area (Å²) in [6, 6.07) is 8.21. The van der Waals surface area contributed by atoms with Gasteiger partial charge in [0.1, 0.15) is 0 Å². The zero-order chi connectivity index (χ0) is 14.3. The molecule has 0 amide bonds. The summed E-state index contributed by atoms with van der Waals surface area (Å²) in [7, 11) is 0. The van der Waals surface area contributed by atoms with Gasteiger partial charge >= 0.3 is 0 Å². The number of nitrogens with one attached hydrogen (secondary N) is 1. The van der Waals surface area contributed by atoms with Crippen LogP contribution in [-0.4, -0.2) is 10.2 Å². The molecule has 21 heavy (non-hydrogen) atoms. The molecule has 0 spiro atoms.